The Balaban J connectivity index is 2.47. The van der Waals surface area contributed by atoms with Gasteiger partial charge in [-0.3, -0.25) is 0 Å². The van der Waals surface area contributed by atoms with Crippen molar-refractivity contribution in [2.45, 2.75) is 20.5 Å². The summed E-state index contributed by atoms with van der Waals surface area (Å²) in [6.45, 7) is 4.84. The third kappa shape index (κ3) is 3.30. The Labute approximate surface area is 84.2 Å². The minimum atomic E-state index is -0.165. The molecule has 1 rings (SSSR count). The van der Waals surface area contributed by atoms with Crippen molar-refractivity contribution in [1.82, 2.24) is 0 Å². The van der Waals surface area contributed by atoms with Crippen LogP contribution >= 0.6 is 0 Å². The lowest BCUT2D eigenvalue weighted by Gasteiger charge is -2.03. The Hall–Kier alpha value is -1.15. The Bertz CT molecular complexity index is 318. The molecule has 0 radical (unpaired) electrons. The van der Waals surface area contributed by atoms with Crippen LogP contribution in [0.3, 0.4) is 0 Å². The van der Waals surface area contributed by atoms with Gasteiger partial charge in [-0.2, -0.15) is 0 Å². The first-order valence-corrected chi connectivity index (χ1v) is 4.68. The third-order valence-corrected chi connectivity index (χ3v) is 1.94. The van der Waals surface area contributed by atoms with Gasteiger partial charge in [-0.25, -0.2) is 4.39 Å². The maximum atomic E-state index is 12.9. The van der Waals surface area contributed by atoms with Crippen molar-refractivity contribution in [2.24, 2.45) is 0 Å². The van der Waals surface area contributed by atoms with E-state index in [1.54, 1.807) is 13.0 Å². The van der Waals surface area contributed by atoms with Crippen LogP contribution in [0.25, 0.3) is 0 Å². The van der Waals surface area contributed by atoms with E-state index >= 15 is 0 Å². The zero-order chi connectivity index (χ0) is 10.4. The molecule has 1 aromatic rings. The lowest BCUT2D eigenvalue weighted by molar-refractivity contribution is 0.148. The molecule has 0 saturated carbocycles. The van der Waals surface area contributed by atoms with E-state index in [-0.39, 0.29) is 5.82 Å². The van der Waals surface area contributed by atoms with Gasteiger partial charge in [0, 0.05) is 0 Å². The summed E-state index contributed by atoms with van der Waals surface area (Å²) in [5.74, 6) is -0.165. The zero-order valence-electron chi connectivity index (χ0n) is 8.59. The quantitative estimate of drug-likeness (QED) is 0.528. The minimum Gasteiger partial charge on any atom is -0.373 e. The molecule has 0 unspecified atom stereocenters. The van der Waals surface area contributed by atoms with Crippen LogP contribution in [-0.2, 0) is 11.3 Å². The van der Waals surface area contributed by atoms with Crippen LogP contribution in [0.4, 0.5) is 4.39 Å². The fourth-order valence-corrected chi connectivity index (χ4v) is 1.14. The van der Waals surface area contributed by atoms with Crippen molar-refractivity contribution in [3.8, 4) is 0 Å². The molecule has 0 aromatic heterocycles. The SMILES string of the molecule is C/C=C/COCc1ccc(F)c(C)c1. The van der Waals surface area contributed by atoms with Gasteiger partial charge in [0.2, 0.25) is 0 Å². The third-order valence-electron chi connectivity index (χ3n) is 1.94. The summed E-state index contributed by atoms with van der Waals surface area (Å²) in [5.41, 5.74) is 1.67. The van der Waals surface area contributed by atoms with E-state index in [2.05, 4.69) is 0 Å². The Morgan fingerprint density at radius 2 is 2.21 bits per heavy atom. The number of halogens is 1. The van der Waals surface area contributed by atoms with E-state index in [4.69, 9.17) is 4.74 Å². The molecule has 0 aliphatic carbocycles. The second-order valence-electron chi connectivity index (χ2n) is 3.17. The molecule has 1 nitrogen and oxygen atoms in total. The maximum Gasteiger partial charge on any atom is 0.126 e. The van der Waals surface area contributed by atoms with Crippen LogP contribution in [0, 0.1) is 12.7 Å². The number of hydrogen-bond donors (Lipinski definition) is 0. The number of hydrogen-bond acceptors (Lipinski definition) is 1. The molecule has 0 heterocycles. The zero-order valence-corrected chi connectivity index (χ0v) is 8.59. The number of aryl methyl sites for hydroxylation is 1. The van der Waals surface area contributed by atoms with Crippen molar-refractivity contribution < 1.29 is 9.13 Å². The molecule has 0 N–H and O–H groups in total. The molecule has 0 spiro atoms. The molecular weight excluding hydrogens is 179 g/mol. The molecule has 1 aromatic carbocycles. The average Bonchev–Trinajstić information content (AvgIpc) is 2.18. The highest BCUT2D eigenvalue weighted by molar-refractivity contribution is 5.23. The van der Waals surface area contributed by atoms with E-state index in [0.29, 0.717) is 18.8 Å². The van der Waals surface area contributed by atoms with Crippen LogP contribution in [-0.4, -0.2) is 6.61 Å². The highest BCUT2D eigenvalue weighted by Gasteiger charge is 1.98. The molecule has 0 aliphatic rings. The van der Waals surface area contributed by atoms with Gasteiger partial charge in [0.25, 0.3) is 0 Å². The summed E-state index contributed by atoms with van der Waals surface area (Å²) in [4.78, 5) is 0. The lowest BCUT2D eigenvalue weighted by Crippen LogP contribution is -1.94. The molecule has 0 aliphatic heterocycles. The van der Waals surface area contributed by atoms with Gasteiger partial charge >= 0.3 is 0 Å². The molecule has 0 bridgehead atoms. The largest absolute Gasteiger partial charge is 0.373 e. The first-order chi connectivity index (χ1) is 6.74. The van der Waals surface area contributed by atoms with Gasteiger partial charge in [0.15, 0.2) is 0 Å². The van der Waals surface area contributed by atoms with Crippen molar-refractivity contribution >= 4 is 0 Å². The Morgan fingerprint density at radius 1 is 1.43 bits per heavy atom. The summed E-state index contributed by atoms with van der Waals surface area (Å²) in [6.07, 6.45) is 3.88. The Morgan fingerprint density at radius 3 is 2.86 bits per heavy atom. The molecule has 2 heteroatoms. The van der Waals surface area contributed by atoms with Gasteiger partial charge in [-0.1, -0.05) is 24.3 Å². The van der Waals surface area contributed by atoms with E-state index < -0.39 is 0 Å². The number of allylic oxidation sites excluding steroid dienone is 1. The van der Waals surface area contributed by atoms with Gasteiger partial charge in [0.05, 0.1) is 13.2 Å². The van der Waals surface area contributed by atoms with Gasteiger partial charge in [-0.05, 0) is 31.0 Å². The predicted octanol–water partition coefficient (Wildman–Crippen LogP) is 3.23. The van der Waals surface area contributed by atoms with Gasteiger partial charge < -0.3 is 4.74 Å². The number of ether oxygens (including phenoxy) is 1. The van der Waals surface area contributed by atoms with Crippen LogP contribution < -0.4 is 0 Å². The second kappa shape index (κ2) is 5.55. The summed E-state index contributed by atoms with van der Waals surface area (Å²) in [7, 11) is 0. The van der Waals surface area contributed by atoms with Crippen LogP contribution in [0.5, 0.6) is 0 Å². The molecular formula is C12H15FO. The summed E-state index contributed by atoms with van der Waals surface area (Å²) in [6, 6.07) is 5.03. The molecule has 14 heavy (non-hydrogen) atoms. The molecule has 0 saturated heterocycles. The number of rotatable bonds is 4. The van der Waals surface area contributed by atoms with Gasteiger partial charge in [0.1, 0.15) is 5.82 Å². The Kier molecular flexibility index (Phi) is 4.33. The van der Waals surface area contributed by atoms with E-state index in [1.165, 1.54) is 6.07 Å². The smallest absolute Gasteiger partial charge is 0.126 e. The summed E-state index contributed by atoms with van der Waals surface area (Å²) in [5, 5.41) is 0. The second-order valence-corrected chi connectivity index (χ2v) is 3.17. The summed E-state index contributed by atoms with van der Waals surface area (Å²) < 4.78 is 18.2. The van der Waals surface area contributed by atoms with Crippen LogP contribution in [0.1, 0.15) is 18.1 Å². The maximum absolute atomic E-state index is 12.9. The lowest BCUT2D eigenvalue weighted by atomic mass is 10.1. The van der Waals surface area contributed by atoms with Crippen molar-refractivity contribution in [2.75, 3.05) is 6.61 Å². The fraction of sp³-hybridized carbons (Fsp3) is 0.333. The standard InChI is InChI=1S/C12H15FO/c1-3-4-7-14-9-11-5-6-12(13)10(2)8-11/h3-6,8H,7,9H2,1-2H3/b4-3+. The predicted molar refractivity (Wildman–Crippen MR) is 55.6 cm³/mol. The van der Waals surface area contributed by atoms with Crippen molar-refractivity contribution in [3.05, 3.63) is 47.3 Å². The highest BCUT2D eigenvalue weighted by Crippen LogP contribution is 2.09. The number of benzene rings is 1. The van der Waals surface area contributed by atoms with E-state index in [1.807, 2.05) is 25.1 Å². The monoisotopic (exact) mass is 194 g/mol. The molecule has 0 atom stereocenters. The van der Waals surface area contributed by atoms with Crippen LogP contribution in [0.15, 0.2) is 30.4 Å². The normalized spacial score (nSPS) is 11.1. The van der Waals surface area contributed by atoms with E-state index in [9.17, 15) is 4.39 Å². The minimum absolute atomic E-state index is 0.165. The molecule has 0 fully saturated rings. The first kappa shape index (κ1) is 10.9. The average molecular weight is 194 g/mol. The first-order valence-electron chi connectivity index (χ1n) is 4.68. The molecule has 76 valence electrons. The van der Waals surface area contributed by atoms with Crippen molar-refractivity contribution in [3.63, 3.8) is 0 Å². The van der Waals surface area contributed by atoms with E-state index in [0.717, 1.165) is 5.56 Å². The highest BCUT2D eigenvalue weighted by atomic mass is 19.1. The van der Waals surface area contributed by atoms with Gasteiger partial charge in [-0.15, -0.1) is 0 Å². The topological polar surface area (TPSA) is 9.23 Å². The summed E-state index contributed by atoms with van der Waals surface area (Å²) >= 11 is 0. The van der Waals surface area contributed by atoms with Crippen molar-refractivity contribution in [1.29, 1.82) is 0 Å². The fourth-order valence-electron chi connectivity index (χ4n) is 1.14. The molecule has 0 amide bonds. The van der Waals surface area contributed by atoms with Crippen LogP contribution in [0.2, 0.25) is 0 Å².